The molecule has 0 radical (unpaired) electrons. The maximum absolute atomic E-state index is 12.4. The lowest BCUT2D eigenvalue weighted by Gasteiger charge is -2.36. The van der Waals surface area contributed by atoms with E-state index in [4.69, 9.17) is 5.11 Å². The molecule has 0 fully saturated rings. The van der Waals surface area contributed by atoms with Gasteiger partial charge < -0.3 is 15.3 Å². The number of nitrogens with one attached hydrogen (secondary N) is 1. The van der Waals surface area contributed by atoms with Gasteiger partial charge in [-0.1, -0.05) is 19.1 Å². The largest absolute Gasteiger partial charge is 0.481 e. The van der Waals surface area contributed by atoms with Crippen LogP contribution in [0.4, 0.5) is 16.2 Å². The van der Waals surface area contributed by atoms with Crippen molar-refractivity contribution >= 4 is 23.4 Å². The van der Waals surface area contributed by atoms with Crippen LogP contribution in [0.5, 0.6) is 0 Å². The van der Waals surface area contributed by atoms with E-state index in [1.54, 1.807) is 4.90 Å². The van der Waals surface area contributed by atoms with Gasteiger partial charge in [-0.25, -0.2) is 4.79 Å². The molecule has 1 unspecified atom stereocenters. The Bertz CT molecular complexity index is 533. The van der Waals surface area contributed by atoms with Gasteiger partial charge in [0.05, 0.1) is 17.8 Å². The number of benzene rings is 1. The molecule has 0 saturated heterocycles. The second kappa shape index (κ2) is 6.47. The van der Waals surface area contributed by atoms with Crippen molar-refractivity contribution in [3.63, 3.8) is 0 Å². The highest BCUT2D eigenvalue weighted by atomic mass is 16.4. The molecule has 0 aromatic heterocycles. The Morgan fingerprint density at radius 3 is 2.57 bits per heavy atom. The molecule has 6 heteroatoms. The molecule has 0 bridgehead atoms. The third-order valence-corrected chi connectivity index (χ3v) is 3.73. The van der Waals surface area contributed by atoms with Crippen LogP contribution in [0.3, 0.4) is 0 Å². The lowest BCUT2D eigenvalue weighted by molar-refractivity contribution is -0.137. The number of hydrogen-bond donors (Lipinski definition) is 2. The third-order valence-electron chi connectivity index (χ3n) is 3.73. The Morgan fingerprint density at radius 1 is 1.29 bits per heavy atom. The molecule has 21 heavy (non-hydrogen) atoms. The summed E-state index contributed by atoms with van der Waals surface area (Å²) in [6, 6.07) is 7.14. The van der Waals surface area contributed by atoms with Crippen molar-refractivity contribution in [3.8, 4) is 0 Å². The zero-order valence-electron chi connectivity index (χ0n) is 12.4. The van der Waals surface area contributed by atoms with Gasteiger partial charge >= 0.3 is 12.0 Å². The highest BCUT2D eigenvalue weighted by Crippen LogP contribution is 2.31. The number of anilines is 2. The number of nitrogens with zero attached hydrogens (tertiary/aromatic N) is 2. The van der Waals surface area contributed by atoms with Crippen LogP contribution in [-0.4, -0.2) is 43.3 Å². The van der Waals surface area contributed by atoms with Gasteiger partial charge in [-0.2, -0.15) is 0 Å². The second-order valence-electron chi connectivity index (χ2n) is 5.21. The summed E-state index contributed by atoms with van der Waals surface area (Å²) in [6.45, 7) is 3.20. The smallest absolute Gasteiger partial charge is 0.322 e. The summed E-state index contributed by atoms with van der Waals surface area (Å²) in [4.78, 5) is 27.0. The van der Waals surface area contributed by atoms with E-state index in [9.17, 15) is 9.59 Å². The fourth-order valence-corrected chi connectivity index (χ4v) is 2.48. The van der Waals surface area contributed by atoms with E-state index in [1.807, 2.05) is 38.2 Å². The Labute approximate surface area is 124 Å². The van der Waals surface area contributed by atoms with Crippen molar-refractivity contribution in [2.75, 3.05) is 29.9 Å². The monoisotopic (exact) mass is 291 g/mol. The summed E-state index contributed by atoms with van der Waals surface area (Å²) in [7, 11) is 1.99. The van der Waals surface area contributed by atoms with Gasteiger partial charge in [0, 0.05) is 26.2 Å². The van der Waals surface area contributed by atoms with Crippen LogP contribution in [0, 0.1) is 0 Å². The minimum absolute atomic E-state index is 0.0579. The van der Waals surface area contributed by atoms with E-state index < -0.39 is 5.97 Å². The van der Waals surface area contributed by atoms with Crippen molar-refractivity contribution in [2.45, 2.75) is 25.8 Å². The molecule has 2 amide bonds. The summed E-state index contributed by atoms with van der Waals surface area (Å²) in [5, 5.41) is 11.7. The third kappa shape index (κ3) is 3.45. The molecule has 1 aliphatic heterocycles. The van der Waals surface area contributed by atoms with E-state index in [0.717, 1.165) is 17.9 Å². The van der Waals surface area contributed by atoms with E-state index in [0.29, 0.717) is 13.0 Å². The summed E-state index contributed by atoms with van der Waals surface area (Å²) < 4.78 is 0. The molecule has 0 spiro atoms. The van der Waals surface area contributed by atoms with E-state index in [2.05, 4.69) is 10.2 Å². The zero-order valence-corrected chi connectivity index (χ0v) is 12.4. The normalized spacial score (nSPS) is 15.3. The molecule has 6 nitrogen and oxygen atoms in total. The topological polar surface area (TPSA) is 72.9 Å². The first-order valence-corrected chi connectivity index (χ1v) is 7.13. The number of carbonyl (C=O) groups is 2. The van der Waals surface area contributed by atoms with Crippen LogP contribution in [0.2, 0.25) is 0 Å². The number of carboxylic acids is 1. The molecule has 1 aromatic carbocycles. The SMILES string of the molecule is CCC(CC(=O)O)NC(=O)N1CCN(C)c2ccccc21. The molecular weight excluding hydrogens is 270 g/mol. The average Bonchev–Trinajstić information content (AvgIpc) is 2.46. The van der Waals surface area contributed by atoms with Crippen LogP contribution in [0.15, 0.2) is 24.3 Å². The number of likely N-dealkylation sites (N-methyl/N-ethyl adjacent to an activating group) is 1. The zero-order chi connectivity index (χ0) is 15.4. The summed E-state index contributed by atoms with van der Waals surface area (Å²) in [6.07, 6.45) is 0.533. The number of para-hydroxylation sites is 2. The van der Waals surface area contributed by atoms with E-state index in [1.165, 1.54) is 0 Å². The van der Waals surface area contributed by atoms with E-state index >= 15 is 0 Å². The Balaban J connectivity index is 2.13. The first-order chi connectivity index (χ1) is 10.0. The number of fused-ring (bicyclic) bond motifs is 1. The quantitative estimate of drug-likeness (QED) is 0.888. The summed E-state index contributed by atoms with van der Waals surface area (Å²) in [5.74, 6) is -0.902. The van der Waals surface area contributed by atoms with Crippen LogP contribution in [-0.2, 0) is 4.79 Å². The van der Waals surface area contributed by atoms with Crippen LogP contribution in [0.1, 0.15) is 19.8 Å². The van der Waals surface area contributed by atoms with Crippen LogP contribution < -0.4 is 15.1 Å². The fourth-order valence-electron chi connectivity index (χ4n) is 2.48. The van der Waals surface area contributed by atoms with Gasteiger partial charge in [0.1, 0.15) is 0 Å². The average molecular weight is 291 g/mol. The van der Waals surface area contributed by atoms with Gasteiger partial charge in [-0.3, -0.25) is 9.69 Å². The minimum Gasteiger partial charge on any atom is -0.481 e. The van der Waals surface area contributed by atoms with Crippen LogP contribution >= 0.6 is 0 Å². The van der Waals surface area contributed by atoms with Crippen molar-refractivity contribution in [1.82, 2.24) is 5.32 Å². The second-order valence-corrected chi connectivity index (χ2v) is 5.21. The number of amides is 2. The molecule has 0 saturated carbocycles. The van der Waals surface area contributed by atoms with Crippen molar-refractivity contribution in [3.05, 3.63) is 24.3 Å². The van der Waals surface area contributed by atoms with Crippen molar-refractivity contribution in [2.24, 2.45) is 0 Å². The molecule has 2 N–H and O–H groups in total. The molecule has 1 heterocycles. The van der Waals surface area contributed by atoms with Gasteiger partial charge in [0.15, 0.2) is 0 Å². The summed E-state index contributed by atoms with van der Waals surface area (Å²) >= 11 is 0. The standard InChI is InChI=1S/C15H21N3O3/c1-3-11(10-14(19)20)16-15(21)18-9-8-17(2)12-6-4-5-7-13(12)18/h4-7,11H,3,8-10H2,1-2H3,(H,16,21)(H,19,20). The molecule has 1 aliphatic rings. The number of rotatable bonds is 4. The lowest BCUT2D eigenvalue weighted by atomic mass is 10.1. The van der Waals surface area contributed by atoms with Crippen LogP contribution in [0.25, 0.3) is 0 Å². The highest BCUT2D eigenvalue weighted by molar-refractivity contribution is 5.97. The molecular formula is C15H21N3O3. The lowest BCUT2D eigenvalue weighted by Crippen LogP contribution is -2.50. The predicted octanol–water partition coefficient (Wildman–Crippen LogP) is 1.91. The highest BCUT2D eigenvalue weighted by Gasteiger charge is 2.26. The van der Waals surface area contributed by atoms with Crippen molar-refractivity contribution in [1.29, 1.82) is 0 Å². The minimum atomic E-state index is -0.902. The molecule has 2 rings (SSSR count). The van der Waals surface area contributed by atoms with Gasteiger partial charge in [-0.05, 0) is 18.6 Å². The van der Waals surface area contributed by atoms with Crippen molar-refractivity contribution < 1.29 is 14.7 Å². The Hall–Kier alpha value is -2.24. The Kier molecular flexibility index (Phi) is 4.67. The van der Waals surface area contributed by atoms with Gasteiger partial charge in [-0.15, -0.1) is 0 Å². The molecule has 0 aliphatic carbocycles. The Morgan fingerprint density at radius 2 is 1.95 bits per heavy atom. The number of carbonyl (C=O) groups excluding carboxylic acids is 1. The number of urea groups is 1. The molecule has 1 aromatic rings. The molecule has 1 atom stereocenters. The number of aliphatic carboxylic acids is 1. The van der Waals surface area contributed by atoms with Gasteiger partial charge in [0.2, 0.25) is 0 Å². The molecule has 114 valence electrons. The maximum Gasteiger partial charge on any atom is 0.322 e. The fraction of sp³-hybridized carbons (Fsp3) is 0.467. The predicted molar refractivity (Wildman–Crippen MR) is 81.9 cm³/mol. The first kappa shape index (κ1) is 15.2. The summed E-state index contributed by atoms with van der Waals surface area (Å²) in [5.41, 5.74) is 1.86. The van der Waals surface area contributed by atoms with Gasteiger partial charge in [0.25, 0.3) is 0 Å². The number of carboxylic acid groups (broad SMARTS) is 1. The maximum atomic E-state index is 12.4. The van der Waals surface area contributed by atoms with E-state index in [-0.39, 0.29) is 18.5 Å². The first-order valence-electron chi connectivity index (χ1n) is 7.13. The number of hydrogen-bond acceptors (Lipinski definition) is 3.